The molecule has 4 nitrogen and oxygen atoms in total. The fraction of sp³-hybridized carbons (Fsp3) is 0.400. The molecule has 0 aliphatic heterocycles. The third-order valence-corrected chi connectivity index (χ3v) is 1.85. The summed E-state index contributed by atoms with van der Waals surface area (Å²) < 4.78 is 5.32. The lowest BCUT2D eigenvalue weighted by atomic mass is 10.2. The van der Waals surface area contributed by atoms with Crippen LogP contribution in [0.2, 0.25) is 0 Å². The molecule has 1 rings (SSSR count). The molecule has 1 unspecified atom stereocenters. The van der Waals surface area contributed by atoms with Crippen LogP contribution in [0.15, 0.2) is 24.3 Å². The molecule has 14 heavy (non-hydrogen) atoms. The van der Waals surface area contributed by atoms with Crippen molar-refractivity contribution in [3.05, 3.63) is 29.8 Å². The summed E-state index contributed by atoms with van der Waals surface area (Å²) >= 11 is 0. The second kappa shape index (κ2) is 5.59. The number of aliphatic hydroxyl groups is 1. The van der Waals surface area contributed by atoms with E-state index in [-0.39, 0.29) is 13.2 Å². The Morgan fingerprint density at radius 2 is 2.14 bits per heavy atom. The Labute approximate surface area is 83.5 Å². The van der Waals surface area contributed by atoms with E-state index < -0.39 is 6.10 Å². The molecule has 0 fully saturated rings. The van der Waals surface area contributed by atoms with Crippen molar-refractivity contribution >= 4 is 0 Å². The van der Waals surface area contributed by atoms with Gasteiger partial charge in [-0.1, -0.05) is 12.1 Å². The van der Waals surface area contributed by atoms with Crippen molar-refractivity contribution in [1.29, 1.82) is 0 Å². The van der Waals surface area contributed by atoms with Gasteiger partial charge in [0.05, 0.1) is 0 Å². The summed E-state index contributed by atoms with van der Waals surface area (Å²) in [6, 6.07) is 7.46. The fourth-order valence-electron chi connectivity index (χ4n) is 1.02. The molecule has 0 spiro atoms. The van der Waals surface area contributed by atoms with E-state index in [1.807, 2.05) is 24.3 Å². The van der Waals surface area contributed by atoms with Gasteiger partial charge in [0, 0.05) is 13.1 Å². The zero-order chi connectivity index (χ0) is 10.4. The Bertz CT molecular complexity index is 279. The summed E-state index contributed by atoms with van der Waals surface area (Å²) in [5.74, 6) is 0.709. The van der Waals surface area contributed by atoms with Gasteiger partial charge in [-0.2, -0.15) is 0 Å². The van der Waals surface area contributed by atoms with Gasteiger partial charge in [-0.25, -0.2) is 0 Å². The lowest BCUT2D eigenvalue weighted by molar-refractivity contribution is 0.114. The van der Waals surface area contributed by atoms with Gasteiger partial charge in [0.15, 0.2) is 0 Å². The van der Waals surface area contributed by atoms with Crippen LogP contribution in [0.3, 0.4) is 0 Å². The highest BCUT2D eigenvalue weighted by molar-refractivity contribution is 5.28. The van der Waals surface area contributed by atoms with Gasteiger partial charge in [-0.15, -0.1) is 0 Å². The van der Waals surface area contributed by atoms with Crippen molar-refractivity contribution in [1.82, 2.24) is 0 Å². The van der Waals surface area contributed by atoms with E-state index >= 15 is 0 Å². The van der Waals surface area contributed by atoms with Crippen LogP contribution < -0.4 is 16.2 Å². The third-order valence-electron chi connectivity index (χ3n) is 1.85. The van der Waals surface area contributed by atoms with Crippen molar-refractivity contribution in [3.63, 3.8) is 0 Å². The van der Waals surface area contributed by atoms with Gasteiger partial charge in [0.1, 0.15) is 18.5 Å². The number of benzene rings is 1. The maximum absolute atomic E-state index is 9.17. The number of hydrogen-bond donors (Lipinski definition) is 3. The van der Waals surface area contributed by atoms with Crippen LogP contribution >= 0.6 is 0 Å². The van der Waals surface area contributed by atoms with Gasteiger partial charge in [0.2, 0.25) is 0 Å². The first-order valence-electron chi connectivity index (χ1n) is 4.56. The molecule has 0 saturated carbocycles. The smallest absolute Gasteiger partial charge is 0.119 e. The molecule has 1 aromatic rings. The SMILES string of the molecule is NCc1cccc(OCC(O)CN)c1. The Morgan fingerprint density at radius 1 is 1.36 bits per heavy atom. The van der Waals surface area contributed by atoms with Crippen LogP contribution in [0.25, 0.3) is 0 Å². The second-order valence-corrected chi connectivity index (χ2v) is 3.05. The standard InChI is InChI=1S/C10H16N2O2/c11-5-8-2-1-3-10(4-8)14-7-9(13)6-12/h1-4,9,13H,5-7,11-12H2. The summed E-state index contributed by atoms with van der Waals surface area (Å²) in [6.07, 6.45) is -0.614. The first-order valence-corrected chi connectivity index (χ1v) is 4.56. The molecule has 0 heterocycles. The molecule has 78 valence electrons. The summed E-state index contributed by atoms with van der Waals surface area (Å²) in [4.78, 5) is 0. The van der Waals surface area contributed by atoms with E-state index in [1.54, 1.807) is 0 Å². The fourth-order valence-corrected chi connectivity index (χ4v) is 1.02. The minimum atomic E-state index is -0.614. The summed E-state index contributed by atoms with van der Waals surface area (Å²) in [7, 11) is 0. The molecule has 0 aliphatic carbocycles. The maximum Gasteiger partial charge on any atom is 0.119 e. The van der Waals surface area contributed by atoms with Gasteiger partial charge >= 0.3 is 0 Å². The zero-order valence-electron chi connectivity index (χ0n) is 8.02. The van der Waals surface area contributed by atoms with Gasteiger partial charge in [-0.05, 0) is 17.7 Å². The quantitative estimate of drug-likeness (QED) is 0.611. The lowest BCUT2D eigenvalue weighted by Gasteiger charge is -2.10. The van der Waals surface area contributed by atoms with Crippen molar-refractivity contribution < 1.29 is 9.84 Å². The highest BCUT2D eigenvalue weighted by atomic mass is 16.5. The predicted octanol–water partition coefficient (Wildman–Crippen LogP) is -0.156. The Hall–Kier alpha value is -1.10. The molecule has 0 radical (unpaired) electrons. The molecule has 5 N–H and O–H groups in total. The van der Waals surface area contributed by atoms with E-state index in [9.17, 15) is 5.11 Å². The average molecular weight is 196 g/mol. The number of ether oxygens (including phenoxy) is 1. The van der Waals surface area contributed by atoms with E-state index in [1.165, 1.54) is 0 Å². The maximum atomic E-state index is 9.17. The van der Waals surface area contributed by atoms with Gasteiger partial charge < -0.3 is 21.3 Å². The van der Waals surface area contributed by atoms with Gasteiger partial charge in [0.25, 0.3) is 0 Å². The minimum absolute atomic E-state index is 0.205. The molecule has 0 saturated heterocycles. The van der Waals surface area contributed by atoms with Crippen molar-refractivity contribution in [2.75, 3.05) is 13.2 Å². The predicted molar refractivity (Wildman–Crippen MR) is 54.9 cm³/mol. The van der Waals surface area contributed by atoms with Crippen LogP contribution in [0.5, 0.6) is 5.75 Å². The largest absolute Gasteiger partial charge is 0.491 e. The highest BCUT2D eigenvalue weighted by Gasteiger charge is 2.02. The van der Waals surface area contributed by atoms with E-state index in [2.05, 4.69) is 0 Å². The highest BCUT2D eigenvalue weighted by Crippen LogP contribution is 2.12. The number of hydrogen-bond acceptors (Lipinski definition) is 4. The topological polar surface area (TPSA) is 81.5 Å². The third kappa shape index (κ3) is 3.33. The molecule has 1 atom stereocenters. The summed E-state index contributed by atoms with van der Waals surface area (Å²) in [5.41, 5.74) is 11.7. The van der Waals surface area contributed by atoms with E-state index in [0.29, 0.717) is 12.3 Å². The summed E-state index contributed by atoms with van der Waals surface area (Å²) in [5, 5.41) is 9.17. The van der Waals surface area contributed by atoms with Crippen molar-refractivity contribution in [2.45, 2.75) is 12.6 Å². The minimum Gasteiger partial charge on any atom is -0.491 e. The molecule has 0 bridgehead atoms. The molecular weight excluding hydrogens is 180 g/mol. The number of rotatable bonds is 5. The first-order chi connectivity index (χ1) is 6.76. The lowest BCUT2D eigenvalue weighted by Crippen LogP contribution is -2.26. The summed E-state index contributed by atoms with van der Waals surface area (Å²) in [6.45, 7) is 0.901. The van der Waals surface area contributed by atoms with Crippen molar-refractivity contribution in [2.24, 2.45) is 11.5 Å². The molecule has 0 aliphatic rings. The molecular formula is C10H16N2O2. The van der Waals surface area contributed by atoms with E-state index in [0.717, 1.165) is 5.56 Å². The van der Waals surface area contributed by atoms with Crippen LogP contribution in [-0.2, 0) is 6.54 Å². The van der Waals surface area contributed by atoms with Crippen LogP contribution in [0.4, 0.5) is 0 Å². The van der Waals surface area contributed by atoms with E-state index in [4.69, 9.17) is 16.2 Å². The Kier molecular flexibility index (Phi) is 4.39. The second-order valence-electron chi connectivity index (χ2n) is 3.05. The van der Waals surface area contributed by atoms with Crippen LogP contribution in [0, 0.1) is 0 Å². The Balaban J connectivity index is 2.50. The Morgan fingerprint density at radius 3 is 2.79 bits per heavy atom. The first kappa shape index (κ1) is 11.0. The average Bonchev–Trinajstić information content (AvgIpc) is 2.26. The van der Waals surface area contributed by atoms with Crippen molar-refractivity contribution in [3.8, 4) is 5.75 Å². The zero-order valence-corrected chi connectivity index (χ0v) is 8.02. The van der Waals surface area contributed by atoms with Crippen LogP contribution in [-0.4, -0.2) is 24.4 Å². The molecule has 1 aromatic carbocycles. The number of nitrogens with two attached hydrogens (primary N) is 2. The van der Waals surface area contributed by atoms with Gasteiger partial charge in [-0.3, -0.25) is 0 Å². The normalized spacial score (nSPS) is 12.5. The number of aliphatic hydroxyl groups excluding tert-OH is 1. The monoisotopic (exact) mass is 196 g/mol. The molecule has 0 aromatic heterocycles. The molecule has 4 heteroatoms. The molecule has 0 amide bonds. The van der Waals surface area contributed by atoms with Crippen LogP contribution in [0.1, 0.15) is 5.56 Å².